The Kier molecular flexibility index (Phi) is 15.1. The van der Waals surface area contributed by atoms with E-state index in [1.165, 1.54) is 0 Å². The quantitative estimate of drug-likeness (QED) is 0.0480. The van der Waals surface area contributed by atoms with Gasteiger partial charge in [0.1, 0.15) is 36.6 Å². The van der Waals surface area contributed by atoms with Crippen LogP contribution in [0, 0.1) is 0 Å². The predicted octanol–water partition coefficient (Wildman–Crippen LogP) is -2.88. The van der Waals surface area contributed by atoms with Crippen LogP contribution in [0.25, 0.3) is 0 Å². The minimum atomic E-state index is -1.75. The van der Waals surface area contributed by atoms with Crippen LogP contribution in [0.2, 0.25) is 0 Å². The van der Waals surface area contributed by atoms with Crippen LogP contribution in [-0.2, 0) is 33.3 Å². The van der Waals surface area contributed by atoms with E-state index in [0.29, 0.717) is 45.1 Å². The van der Waals surface area contributed by atoms with Crippen molar-refractivity contribution in [2.75, 3.05) is 33.0 Å². The molecule has 16 nitrogen and oxygen atoms in total. The monoisotopic (exact) mass is 638 g/mol. The maximum atomic E-state index is 12.2. The highest BCUT2D eigenvalue weighted by Gasteiger charge is 2.70. The molecule has 2 amide bonds. The van der Waals surface area contributed by atoms with Crippen LogP contribution < -0.4 is 10.6 Å². The Bertz CT molecular complexity index is 883. The molecular formula is C28H50N2O14. The van der Waals surface area contributed by atoms with Crippen molar-refractivity contribution in [2.45, 2.75) is 132 Å². The van der Waals surface area contributed by atoms with Gasteiger partial charge in [-0.15, -0.1) is 0 Å². The molecular weight excluding hydrogens is 588 g/mol. The second-order valence-electron chi connectivity index (χ2n) is 11.6. The molecule has 0 bridgehead atoms. The molecule has 0 spiro atoms. The second-order valence-corrected chi connectivity index (χ2v) is 11.6. The van der Waals surface area contributed by atoms with Crippen LogP contribution in [0.3, 0.4) is 0 Å². The first kappa shape index (κ1) is 36.9. The molecule has 3 heterocycles. The Balaban J connectivity index is 1.12. The molecule has 3 saturated heterocycles. The number of epoxide rings is 1. The number of carbonyl (C=O) groups is 2. The fourth-order valence-electron chi connectivity index (χ4n) is 5.20. The molecule has 11 atom stereocenters. The van der Waals surface area contributed by atoms with Gasteiger partial charge in [0.2, 0.25) is 17.6 Å². The fourth-order valence-corrected chi connectivity index (χ4v) is 5.20. The van der Waals surface area contributed by atoms with E-state index in [9.17, 15) is 45.3 Å². The Hall–Kier alpha value is -1.54. The van der Waals surface area contributed by atoms with Crippen molar-refractivity contribution in [3.8, 4) is 0 Å². The van der Waals surface area contributed by atoms with Crippen molar-refractivity contribution in [2.24, 2.45) is 0 Å². The molecule has 0 radical (unpaired) electrons. The summed E-state index contributed by atoms with van der Waals surface area (Å²) < 4.78 is 26.8. The normalized spacial score (nSPS) is 35.5. The molecule has 16 heteroatoms. The van der Waals surface area contributed by atoms with Crippen LogP contribution in [0.1, 0.15) is 64.7 Å². The minimum Gasteiger partial charge on any atom is -0.394 e. The molecule has 0 aromatic rings. The van der Waals surface area contributed by atoms with Gasteiger partial charge >= 0.3 is 0 Å². The molecule has 3 rings (SSSR count). The Labute approximate surface area is 256 Å². The SMILES string of the molecule is CC(CCCCNC(=O)CCCCOC1OC(CO)C(O)C(O)C1O)NC(=O)CCCCOC1OC(CO)C(O)C2(O)OC12. The van der Waals surface area contributed by atoms with E-state index in [-0.39, 0.29) is 31.1 Å². The topological polar surface area (TPSA) is 249 Å². The van der Waals surface area contributed by atoms with Gasteiger partial charge in [0, 0.05) is 38.6 Å². The first-order valence-corrected chi connectivity index (χ1v) is 15.5. The summed E-state index contributed by atoms with van der Waals surface area (Å²) in [6.45, 7) is 1.87. The summed E-state index contributed by atoms with van der Waals surface area (Å²) in [6.07, 6.45) is -5.44. The summed E-state index contributed by atoms with van der Waals surface area (Å²) in [5.41, 5.74) is 0. The predicted molar refractivity (Wildman–Crippen MR) is 149 cm³/mol. The largest absolute Gasteiger partial charge is 0.394 e. The zero-order chi connectivity index (χ0) is 32.3. The van der Waals surface area contributed by atoms with Gasteiger partial charge < -0.3 is 70.1 Å². The summed E-state index contributed by atoms with van der Waals surface area (Å²) in [7, 11) is 0. The minimum absolute atomic E-state index is 0.0136. The van der Waals surface area contributed by atoms with Gasteiger partial charge in [-0.2, -0.15) is 0 Å². The van der Waals surface area contributed by atoms with Crippen LogP contribution in [-0.4, -0.2) is 148 Å². The van der Waals surface area contributed by atoms with E-state index in [0.717, 1.165) is 19.3 Å². The number of rotatable bonds is 20. The van der Waals surface area contributed by atoms with E-state index < -0.39 is 74.3 Å². The number of amides is 2. The van der Waals surface area contributed by atoms with Crippen molar-refractivity contribution in [1.29, 1.82) is 0 Å². The lowest BCUT2D eigenvalue weighted by molar-refractivity contribution is -0.301. The molecule has 3 aliphatic heterocycles. The lowest BCUT2D eigenvalue weighted by Crippen LogP contribution is -2.59. The number of hydrogen-bond donors (Lipinski definition) is 9. The van der Waals surface area contributed by atoms with E-state index in [1.54, 1.807) is 0 Å². The number of ether oxygens (including phenoxy) is 5. The van der Waals surface area contributed by atoms with Gasteiger partial charge in [-0.25, -0.2) is 0 Å². The maximum absolute atomic E-state index is 12.2. The average molecular weight is 639 g/mol. The molecule has 0 aromatic carbocycles. The standard InChI is InChI=1S/C28H50N2O14/c1-16(30-20(34)10-4-7-13-41-27-25-28(39,44-25)24(38)18(15-32)43-27)8-2-5-11-29-19(33)9-3-6-12-40-26-23(37)22(36)21(35)17(14-31)42-26/h16-18,21-27,31-32,35-39H,2-15H2,1H3,(H,29,33)(H,30,34). The number of hydrogen-bond acceptors (Lipinski definition) is 14. The van der Waals surface area contributed by atoms with Gasteiger partial charge in [0.15, 0.2) is 18.7 Å². The average Bonchev–Trinajstić information content (AvgIpc) is 3.71. The maximum Gasteiger partial charge on any atom is 0.227 e. The van der Waals surface area contributed by atoms with Crippen molar-refractivity contribution < 1.29 is 69.0 Å². The summed E-state index contributed by atoms with van der Waals surface area (Å²) in [4.78, 5) is 24.3. The van der Waals surface area contributed by atoms with Crippen LogP contribution in [0.4, 0.5) is 0 Å². The van der Waals surface area contributed by atoms with Crippen molar-refractivity contribution in [3.05, 3.63) is 0 Å². The lowest BCUT2D eigenvalue weighted by atomic mass is 9.99. The third-order valence-electron chi connectivity index (χ3n) is 7.98. The Morgan fingerprint density at radius 3 is 2.07 bits per heavy atom. The fraction of sp³-hybridized carbons (Fsp3) is 0.929. The molecule has 3 aliphatic rings. The molecule has 44 heavy (non-hydrogen) atoms. The van der Waals surface area contributed by atoms with Gasteiger partial charge in [0.05, 0.1) is 13.2 Å². The second kappa shape index (κ2) is 18.0. The number of nitrogens with one attached hydrogen (secondary N) is 2. The van der Waals surface area contributed by atoms with E-state index in [1.807, 2.05) is 6.92 Å². The van der Waals surface area contributed by atoms with E-state index >= 15 is 0 Å². The first-order chi connectivity index (χ1) is 21.0. The Morgan fingerprint density at radius 2 is 1.41 bits per heavy atom. The lowest BCUT2D eigenvalue weighted by Gasteiger charge is -2.39. The molecule has 256 valence electrons. The van der Waals surface area contributed by atoms with E-state index in [4.69, 9.17) is 23.7 Å². The molecule has 0 aliphatic carbocycles. The Morgan fingerprint density at radius 1 is 0.795 bits per heavy atom. The summed E-state index contributed by atoms with van der Waals surface area (Å²) in [5.74, 6) is -1.92. The highest BCUT2D eigenvalue weighted by atomic mass is 16.8. The van der Waals surface area contributed by atoms with Crippen molar-refractivity contribution in [3.63, 3.8) is 0 Å². The number of carbonyl (C=O) groups excluding carboxylic acids is 2. The van der Waals surface area contributed by atoms with E-state index in [2.05, 4.69) is 10.6 Å². The van der Waals surface area contributed by atoms with Crippen molar-refractivity contribution in [1.82, 2.24) is 10.6 Å². The third-order valence-corrected chi connectivity index (χ3v) is 7.98. The third kappa shape index (κ3) is 10.5. The van der Waals surface area contributed by atoms with Crippen LogP contribution in [0.15, 0.2) is 0 Å². The van der Waals surface area contributed by atoms with Gasteiger partial charge in [-0.05, 0) is 51.9 Å². The van der Waals surface area contributed by atoms with Crippen LogP contribution in [0.5, 0.6) is 0 Å². The number of aliphatic hydroxyl groups is 7. The highest BCUT2D eigenvalue weighted by molar-refractivity contribution is 5.76. The smallest absolute Gasteiger partial charge is 0.227 e. The summed E-state index contributed by atoms with van der Waals surface area (Å²) in [6, 6.07) is -0.0136. The molecule has 3 fully saturated rings. The van der Waals surface area contributed by atoms with Gasteiger partial charge in [-0.3, -0.25) is 9.59 Å². The zero-order valence-corrected chi connectivity index (χ0v) is 25.2. The first-order valence-electron chi connectivity index (χ1n) is 15.5. The van der Waals surface area contributed by atoms with Gasteiger partial charge in [-0.1, -0.05) is 0 Å². The summed E-state index contributed by atoms with van der Waals surface area (Å²) >= 11 is 0. The summed E-state index contributed by atoms with van der Waals surface area (Å²) in [5, 5.41) is 73.8. The number of aliphatic hydroxyl groups excluding tert-OH is 6. The number of unbranched alkanes of at least 4 members (excludes halogenated alkanes) is 3. The molecule has 0 saturated carbocycles. The molecule has 9 N–H and O–H groups in total. The molecule has 11 unspecified atom stereocenters. The van der Waals surface area contributed by atoms with Crippen LogP contribution >= 0.6 is 0 Å². The molecule has 0 aromatic heterocycles. The zero-order valence-electron chi connectivity index (χ0n) is 25.2. The van der Waals surface area contributed by atoms with Gasteiger partial charge in [0.25, 0.3) is 0 Å². The number of fused-ring (bicyclic) bond motifs is 1. The highest BCUT2D eigenvalue weighted by Crippen LogP contribution is 2.46. The van der Waals surface area contributed by atoms with Crippen molar-refractivity contribution >= 4 is 11.8 Å².